The van der Waals surface area contributed by atoms with Crippen LogP contribution < -0.4 is 10.2 Å². The highest BCUT2D eigenvalue weighted by atomic mass is 16.5. The van der Waals surface area contributed by atoms with Crippen LogP contribution in [0, 0.1) is 6.92 Å². The standard InChI is InChI=1S/C11H18N4O/c1-9-5-11(14-13-6-9)15(2)8-10-7-12-3-4-16-10/h5-6,10,12H,3-4,7-8H2,1-2H3. The van der Waals surface area contributed by atoms with Gasteiger partial charge in [-0.1, -0.05) is 0 Å². The lowest BCUT2D eigenvalue weighted by Crippen LogP contribution is -2.44. The fourth-order valence-corrected chi connectivity index (χ4v) is 1.77. The molecule has 0 saturated carbocycles. The summed E-state index contributed by atoms with van der Waals surface area (Å²) < 4.78 is 5.65. The van der Waals surface area contributed by atoms with Crippen molar-refractivity contribution in [2.75, 3.05) is 38.2 Å². The molecule has 0 amide bonds. The highest BCUT2D eigenvalue weighted by molar-refractivity contribution is 5.38. The Morgan fingerprint density at radius 1 is 1.62 bits per heavy atom. The zero-order chi connectivity index (χ0) is 11.4. The van der Waals surface area contributed by atoms with Crippen LogP contribution in [0.25, 0.3) is 0 Å². The number of likely N-dealkylation sites (N-methyl/N-ethyl adjacent to an activating group) is 1. The van der Waals surface area contributed by atoms with Gasteiger partial charge in [0.25, 0.3) is 0 Å². The highest BCUT2D eigenvalue weighted by Gasteiger charge is 2.16. The third kappa shape index (κ3) is 2.90. The van der Waals surface area contributed by atoms with Crippen molar-refractivity contribution in [2.45, 2.75) is 13.0 Å². The van der Waals surface area contributed by atoms with Crippen molar-refractivity contribution in [3.8, 4) is 0 Å². The van der Waals surface area contributed by atoms with E-state index in [-0.39, 0.29) is 6.10 Å². The molecule has 0 bridgehead atoms. The summed E-state index contributed by atoms with van der Waals surface area (Å²) in [7, 11) is 2.02. The number of morpholine rings is 1. The number of aromatic nitrogens is 2. The van der Waals surface area contributed by atoms with Crippen molar-refractivity contribution >= 4 is 5.82 Å². The van der Waals surface area contributed by atoms with Gasteiger partial charge in [0.15, 0.2) is 5.82 Å². The Hall–Kier alpha value is -1.20. The molecule has 0 aromatic carbocycles. The quantitative estimate of drug-likeness (QED) is 0.792. The van der Waals surface area contributed by atoms with E-state index < -0.39 is 0 Å². The summed E-state index contributed by atoms with van der Waals surface area (Å²) in [5.74, 6) is 0.897. The van der Waals surface area contributed by atoms with Gasteiger partial charge in [-0.05, 0) is 18.6 Å². The maximum absolute atomic E-state index is 5.65. The summed E-state index contributed by atoms with van der Waals surface area (Å²) in [6.45, 7) is 5.50. The van der Waals surface area contributed by atoms with Gasteiger partial charge in [0.1, 0.15) is 0 Å². The van der Waals surface area contributed by atoms with Crippen molar-refractivity contribution < 1.29 is 4.74 Å². The molecule has 1 aromatic rings. The van der Waals surface area contributed by atoms with E-state index in [0.29, 0.717) is 0 Å². The first kappa shape index (κ1) is 11.3. The highest BCUT2D eigenvalue weighted by Crippen LogP contribution is 2.10. The normalized spacial score (nSPS) is 20.8. The molecule has 16 heavy (non-hydrogen) atoms. The Morgan fingerprint density at radius 2 is 2.50 bits per heavy atom. The summed E-state index contributed by atoms with van der Waals surface area (Å²) in [6, 6.07) is 2.03. The molecule has 0 spiro atoms. The first-order chi connectivity index (χ1) is 7.75. The first-order valence-electron chi connectivity index (χ1n) is 5.58. The van der Waals surface area contributed by atoms with Crippen LogP contribution in [0.5, 0.6) is 0 Å². The monoisotopic (exact) mass is 222 g/mol. The average molecular weight is 222 g/mol. The number of nitrogens with zero attached hydrogens (tertiary/aromatic N) is 3. The number of hydrogen-bond donors (Lipinski definition) is 1. The molecule has 88 valence electrons. The zero-order valence-electron chi connectivity index (χ0n) is 9.81. The second-order valence-electron chi connectivity index (χ2n) is 4.17. The Labute approximate surface area is 95.8 Å². The van der Waals surface area contributed by atoms with E-state index in [0.717, 1.165) is 37.6 Å². The second kappa shape index (κ2) is 5.23. The molecule has 1 N–H and O–H groups in total. The van der Waals surface area contributed by atoms with Gasteiger partial charge in [0.2, 0.25) is 0 Å². The minimum atomic E-state index is 0.237. The van der Waals surface area contributed by atoms with Gasteiger partial charge in [0.05, 0.1) is 18.9 Å². The smallest absolute Gasteiger partial charge is 0.151 e. The maximum Gasteiger partial charge on any atom is 0.151 e. The molecule has 0 radical (unpaired) electrons. The van der Waals surface area contributed by atoms with Gasteiger partial charge < -0.3 is 15.0 Å². The van der Waals surface area contributed by atoms with Gasteiger partial charge >= 0.3 is 0 Å². The molecule has 2 heterocycles. The number of anilines is 1. The van der Waals surface area contributed by atoms with E-state index in [1.54, 1.807) is 6.20 Å². The third-order valence-corrected chi connectivity index (χ3v) is 2.65. The van der Waals surface area contributed by atoms with Gasteiger partial charge in [0, 0.05) is 26.7 Å². The summed E-state index contributed by atoms with van der Waals surface area (Å²) >= 11 is 0. The lowest BCUT2D eigenvalue weighted by Gasteiger charge is -2.28. The van der Waals surface area contributed by atoms with E-state index >= 15 is 0 Å². The van der Waals surface area contributed by atoms with Crippen molar-refractivity contribution in [3.05, 3.63) is 17.8 Å². The van der Waals surface area contributed by atoms with Crippen molar-refractivity contribution in [3.63, 3.8) is 0 Å². The van der Waals surface area contributed by atoms with Crippen LogP contribution in [-0.4, -0.2) is 49.6 Å². The van der Waals surface area contributed by atoms with Gasteiger partial charge in [-0.3, -0.25) is 0 Å². The molecule has 1 aromatic heterocycles. The molecule has 1 atom stereocenters. The minimum absolute atomic E-state index is 0.237. The molecular formula is C11H18N4O. The Morgan fingerprint density at radius 3 is 3.19 bits per heavy atom. The number of rotatable bonds is 3. The average Bonchev–Trinajstić information content (AvgIpc) is 2.30. The van der Waals surface area contributed by atoms with Crippen LogP contribution in [0.15, 0.2) is 12.3 Å². The second-order valence-corrected chi connectivity index (χ2v) is 4.17. The minimum Gasteiger partial charge on any atom is -0.374 e. The number of nitrogens with one attached hydrogen (secondary N) is 1. The van der Waals surface area contributed by atoms with Gasteiger partial charge in [-0.2, -0.15) is 5.10 Å². The van der Waals surface area contributed by atoms with E-state index in [1.165, 1.54) is 0 Å². The van der Waals surface area contributed by atoms with Crippen LogP contribution in [0.1, 0.15) is 5.56 Å². The fraction of sp³-hybridized carbons (Fsp3) is 0.636. The maximum atomic E-state index is 5.65. The lowest BCUT2D eigenvalue weighted by molar-refractivity contribution is 0.0339. The first-order valence-corrected chi connectivity index (χ1v) is 5.58. The molecule has 1 aliphatic heterocycles. The van der Waals surface area contributed by atoms with E-state index in [4.69, 9.17) is 4.74 Å². The zero-order valence-corrected chi connectivity index (χ0v) is 9.81. The predicted octanol–water partition coefficient (Wildman–Crippen LogP) is 0.210. The number of hydrogen-bond acceptors (Lipinski definition) is 5. The summed E-state index contributed by atoms with van der Waals surface area (Å²) in [5, 5.41) is 11.4. The third-order valence-electron chi connectivity index (χ3n) is 2.65. The van der Waals surface area contributed by atoms with Crippen molar-refractivity contribution in [1.82, 2.24) is 15.5 Å². The van der Waals surface area contributed by atoms with Crippen LogP contribution in [-0.2, 0) is 4.74 Å². The molecule has 5 nitrogen and oxygen atoms in total. The molecule has 1 aliphatic rings. The van der Waals surface area contributed by atoms with Crippen LogP contribution in [0.3, 0.4) is 0 Å². The molecule has 0 aliphatic carbocycles. The Bertz CT molecular complexity index is 339. The molecule has 1 unspecified atom stereocenters. The molecular weight excluding hydrogens is 204 g/mol. The summed E-state index contributed by atoms with van der Waals surface area (Å²) in [6.07, 6.45) is 2.00. The Kier molecular flexibility index (Phi) is 3.69. The van der Waals surface area contributed by atoms with E-state index in [1.807, 2.05) is 20.0 Å². The summed E-state index contributed by atoms with van der Waals surface area (Å²) in [5.41, 5.74) is 1.12. The lowest BCUT2D eigenvalue weighted by atomic mass is 10.2. The molecule has 2 rings (SSSR count). The van der Waals surface area contributed by atoms with E-state index in [9.17, 15) is 0 Å². The van der Waals surface area contributed by atoms with Crippen molar-refractivity contribution in [1.29, 1.82) is 0 Å². The SMILES string of the molecule is Cc1cnnc(N(C)CC2CNCCO2)c1. The molecule has 5 heteroatoms. The number of aryl methyl sites for hydroxylation is 1. The van der Waals surface area contributed by atoms with E-state index in [2.05, 4.69) is 20.4 Å². The summed E-state index contributed by atoms with van der Waals surface area (Å²) in [4.78, 5) is 2.08. The Balaban J connectivity index is 1.94. The number of ether oxygens (including phenoxy) is 1. The molecule has 1 fully saturated rings. The van der Waals surface area contributed by atoms with Crippen molar-refractivity contribution in [2.24, 2.45) is 0 Å². The van der Waals surface area contributed by atoms with Crippen LogP contribution >= 0.6 is 0 Å². The largest absolute Gasteiger partial charge is 0.374 e. The van der Waals surface area contributed by atoms with Gasteiger partial charge in [-0.15, -0.1) is 5.10 Å². The predicted molar refractivity (Wildman–Crippen MR) is 62.6 cm³/mol. The van der Waals surface area contributed by atoms with Gasteiger partial charge in [-0.25, -0.2) is 0 Å². The topological polar surface area (TPSA) is 50.3 Å². The van der Waals surface area contributed by atoms with Crippen LogP contribution in [0.4, 0.5) is 5.82 Å². The van der Waals surface area contributed by atoms with Crippen LogP contribution in [0.2, 0.25) is 0 Å². The molecule has 1 saturated heterocycles. The fourth-order valence-electron chi connectivity index (χ4n) is 1.77.